The van der Waals surface area contributed by atoms with Gasteiger partial charge in [0.1, 0.15) is 16.4 Å². The Kier molecular flexibility index (Phi) is 4.69. The standard InChI is InChI=1S/C16H18ClNO4S/c1-15(2,3)22-14(21)10(16(4)6-5-7-18-16)9-8-23-12(11(9)17)13(19)20/h5-8,10H,1-4H3,(H,19,20). The third-order valence-electron chi connectivity index (χ3n) is 3.36. The molecule has 1 aromatic rings. The van der Waals surface area contributed by atoms with E-state index in [-0.39, 0.29) is 9.90 Å². The smallest absolute Gasteiger partial charge is 0.347 e. The van der Waals surface area contributed by atoms with Gasteiger partial charge in [0.05, 0.1) is 10.6 Å². The predicted molar refractivity (Wildman–Crippen MR) is 90.9 cm³/mol. The Morgan fingerprint density at radius 1 is 1.43 bits per heavy atom. The molecule has 0 aliphatic carbocycles. The van der Waals surface area contributed by atoms with Gasteiger partial charge < -0.3 is 9.84 Å². The van der Waals surface area contributed by atoms with Crippen LogP contribution in [0, 0.1) is 0 Å². The molecule has 1 aliphatic rings. The van der Waals surface area contributed by atoms with Crippen molar-refractivity contribution in [2.45, 2.75) is 44.8 Å². The van der Waals surface area contributed by atoms with Crippen LogP contribution in [0.15, 0.2) is 22.5 Å². The lowest BCUT2D eigenvalue weighted by Crippen LogP contribution is -2.38. The monoisotopic (exact) mass is 355 g/mol. The van der Waals surface area contributed by atoms with Crippen LogP contribution in [-0.2, 0) is 9.53 Å². The third kappa shape index (κ3) is 3.64. The van der Waals surface area contributed by atoms with Crippen LogP contribution in [0.25, 0.3) is 0 Å². The first-order valence-electron chi connectivity index (χ1n) is 7.01. The van der Waals surface area contributed by atoms with Gasteiger partial charge >= 0.3 is 11.9 Å². The molecule has 0 spiro atoms. The zero-order valence-corrected chi connectivity index (χ0v) is 14.9. The zero-order valence-electron chi connectivity index (χ0n) is 13.3. The Labute approximate surface area is 143 Å². The highest BCUT2D eigenvalue weighted by Crippen LogP contribution is 2.42. The molecule has 0 aromatic carbocycles. The van der Waals surface area contributed by atoms with Crippen LogP contribution in [-0.4, -0.2) is 34.4 Å². The van der Waals surface area contributed by atoms with Crippen molar-refractivity contribution < 1.29 is 19.4 Å². The summed E-state index contributed by atoms with van der Waals surface area (Å²) in [5.74, 6) is -2.42. The summed E-state index contributed by atoms with van der Waals surface area (Å²) in [4.78, 5) is 28.3. The van der Waals surface area contributed by atoms with Gasteiger partial charge in [0.25, 0.3) is 0 Å². The van der Waals surface area contributed by atoms with Gasteiger partial charge in [-0.3, -0.25) is 9.79 Å². The van der Waals surface area contributed by atoms with E-state index in [1.807, 2.05) is 0 Å². The predicted octanol–water partition coefficient (Wildman–Crippen LogP) is 3.92. The Bertz CT molecular complexity index is 687. The number of allylic oxidation sites excluding steroid dienone is 1. The number of thiophene rings is 1. The number of nitrogens with zero attached hydrogens (tertiary/aromatic N) is 1. The van der Waals surface area contributed by atoms with E-state index in [0.717, 1.165) is 11.3 Å². The summed E-state index contributed by atoms with van der Waals surface area (Å²) >= 11 is 7.21. The first kappa shape index (κ1) is 17.7. The van der Waals surface area contributed by atoms with Crippen molar-refractivity contribution in [1.82, 2.24) is 0 Å². The summed E-state index contributed by atoms with van der Waals surface area (Å²) in [5.41, 5.74) is -1.10. The summed E-state index contributed by atoms with van der Waals surface area (Å²) in [6.07, 6.45) is 5.14. The van der Waals surface area contributed by atoms with E-state index >= 15 is 0 Å². The SMILES string of the molecule is CC(C)(C)OC(=O)C(c1csc(C(=O)O)c1Cl)C1(C)C=CC=N1. The van der Waals surface area contributed by atoms with Crippen molar-refractivity contribution in [3.63, 3.8) is 0 Å². The fraction of sp³-hybridized carbons (Fsp3) is 0.438. The number of hydrogen-bond acceptors (Lipinski definition) is 5. The van der Waals surface area contributed by atoms with Crippen LogP contribution in [0.4, 0.5) is 0 Å². The fourth-order valence-electron chi connectivity index (χ4n) is 2.39. The van der Waals surface area contributed by atoms with Crippen LogP contribution >= 0.6 is 22.9 Å². The highest BCUT2D eigenvalue weighted by atomic mass is 35.5. The van der Waals surface area contributed by atoms with Crippen molar-refractivity contribution in [3.05, 3.63) is 33.0 Å². The average molecular weight is 356 g/mol. The molecule has 2 rings (SSSR count). The maximum Gasteiger partial charge on any atom is 0.347 e. The van der Waals surface area contributed by atoms with Crippen LogP contribution in [0.3, 0.4) is 0 Å². The van der Waals surface area contributed by atoms with Gasteiger partial charge in [0, 0.05) is 6.21 Å². The minimum atomic E-state index is -1.12. The van der Waals surface area contributed by atoms with Crippen molar-refractivity contribution in [2.24, 2.45) is 4.99 Å². The molecule has 5 nitrogen and oxygen atoms in total. The van der Waals surface area contributed by atoms with Crippen LogP contribution < -0.4 is 0 Å². The number of ether oxygens (including phenoxy) is 1. The van der Waals surface area contributed by atoms with Crippen molar-refractivity contribution >= 4 is 41.1 Å². The highest BCUT2D eigenvalue weighted by molar-refractivity contribution is 7.12. The lowest BCUT2D eigenvalue weighted by Gasteiger charge is -2.31. The van der Waals surface area contributed by atoms with E-state index < -0.39 is 29.0 Å². The Balaban J connectivity index is 2.51. The summed E-state index contributed by atoms with van der Waals surface area (Å²) in [6.45, 7) is 7.11. The lowest BCUT2D eigenvalue weighted by molar-refractivity contribution is -0.157. The average Bonchev–Trinajstić information content (AvgIpc) is 2.96. The van der Waals surface area contributed by atoms with Gasteiger partial charge in [-0.2, -0.15) is 0 Å². The molecule has 7 heteroatoms. The molecule has 2 atom stereocenters. The molecular weight excluding hydrogens is 338 g/mol. The quantitative estimate of drug-likeness (QED) is 0.830. The van der Waals surface area contributed by atoms with Gasteiger partial charge in [-0.15, -0.1) is 11.3 Å². The van der Waals surface area contributed by atoms with E-state index in [2.05, 4.69) is 4.99 Å². The number of aromatic carboxylic acids is 1. The molecule has 0 amide bonds. The molecule has 1 N–H and O–H groups in total. The molecule has 1 aliphatic heterocycles. The van der Waals surface area contributed by atoms with Crippen molar-refractivity contribution in [2.75, 3.05) is 0 Å². The second kappa shape index (κ2) is 6.09. The van der Waals surface area contributed by atoms with Crippen LogP contribution in [0.1, 0.15) is 48.8 Å². The number of halogens is 1. The van der Waals surface area contributed by atoms with E-state index in [1.54, 1.807) is 51.4 Å². The molecule has 0 fully saturated rings. The second-order valence-corrected chi connectivity index (χ2v) is 7.73. The molecule has 1 aromatic heterocycles. The minimum absolute atomic E-state index is 0.00443. The molecule has 2 heterocycles. The van der Waals surface area contributed by atoms with Gasteiger partial charge in [-0.25, -0.2) is 4.79 Å². The van der Waals surface area contributed by atoms with Crippen molar-refractivity contribution in [3.8, 4) is 0 Å². The topological polar surface area (TPSA) is 76.0 Å². The molecule has 23 heavy (non-hydrogen) atoms. The molecule has 2 unspecified atom stereocenters. The molecule has 0 bridgehead atoms. The maximum atomic E-state index is 12.8. The number of carbonyl (C=O) groups is 2. The van der Waals surface area contributed by atoms with Crippen LogP contribution in [0.2, 0.25) is 5.02 Å². The maximum absolute atomic E-state index is 12.8. The molecular formula is C16H18ClNO4S. The Hall–Kier alpha value is -1.66. The third-order valence-corrected chi connectivity index (χ3v) is 4.87. The minimum Gasteiger partial charge on any atom is -0.477 e. The van der Waals surface area contributed by atoms with Gasteiger partial charge in [0.2, 0.25) is 0 Å². The Morgan fingerprint density at radius 2 is 2.09 bits per heavy atom. The van der Waals surface area contributed by atoms with E-state index in [1.165, 1.54) is 0 Å². The summed E-state index contributed by atoms with van der Waals surface area (Å²) < 4.78 is 5.51. The van der Waals surface area contributed by atoms with Gasteiger partial charge in [0.15, 0.2) is 0 Å². The lowest BCUT2D eigenvalue weighted by atomic mass is 9.82. The first-order valence-corrected chi connectivity index (χ1v) is 8.27. The number of esters is 1. The molecule has 124 valence electrons. The van der Waals surface area contributed by atoms with Gasteiger partial charge in [-0.1, -0.05) is 17.7 Å². The van der Waals surface area contributed by atoms with Crippen molar-refractivity contribution in [1.29, 1.82) is 0 Å². The first-order chi connectivity index (χ1) is 10.6. The number of carbonyl (C=O) groups excluding carboxylic acids is 1. The summed E-state index contributed by atoms with van der Waals surface area (Å²) in [7, 11) is 0. The number of hydrogen-bond donors (Lipinski definition) is 1. The largest absolute Gasteiger partial charge is 0.477 e. The Morgan fingerprint density at radius 3 is 2.52 bits per heavy atom. The number of carboxylic acids is 1. The second-order valence-electron chi connectivity index (χ2n) is 6.47. The van der Waals surface area contributed by atoms with Crippen LogP contribution in [0.5, 0.6) is 0 Å². The van der Waals surface area contributed by atoms with Gasteiger partial charge in [-0.05, 0) is 44.7 Å². The molecule has 0 saturated carbocycles. The molecule has 0 radical (unpaired) electrons. The normalized spacial score (nSPS) is 21.4. The highest BCUT2D eigenvalue weighted by Gasteiger charge is 2.43. The number of rotatable bonds is 4. The number of aliphatic imine (C=N–C) groups is 1. The summed E-state index contributed by atoms with van der Waals surface area (Å²) in [5, 5.41) is 10.8. The number of carboxylic acid groups (broad SMARTS) is 1. The fourth-order valence-corrected chi connectivity index (χ4v) is 3.66. The summed E-state index contributed by atoms with van der Waals surface area (Å²) in [6, 6.07) is 0. The zero-order chi connectivity index (χ0) is 17.4. The van der Waals surface area contributed by atoms with E-state index in [9.17, 15) is 14.7 Å². The van der Waals surface area contributed by atoms with E-state index in [0.29, 0.717) is 5.56 Å². The van der Waals surface area contributed by atoms with E-state index in [4.69, 9.17) is 16.3 Å². The molecule has 0 saturated heterocycles.